The third-order valence-corrected chi connectivity index (χ3v) is 4.33. The van der Waals surface area contributed by atoms with E-state index in [1.54, 1.807) is 0 Å². The number of imidazole rings is 1. The molecule has 0 saturated heterocycles. The fraction of sp³-hybridized carbons (Fsp3) is 0.190. The van der Waals surface area contributed by atoms with Gasteiger partial charge in [0.25, 0.3) is 0 Å². The van der Waals surface area contributed by atoms with Crippen LogP contribution >= 0.6 is 0 Å². The zero-order valence-corrected chi connectivity index (χ0v) is 13.7. The van der Waals surface area contributed by atoms with Gasteiger partial charge in [-0.15, -0.1) is 0 Å². The summed E-state index contributed by atoms with van der Waals surface area (Å²) in [5.74, 6) is 0. The molecule has 2 aromatic heterocycles. The third kappa shape index (κ3) is 2.22. The van der Waals surface area contributed by atoms with Crippen LogP contribution < -0.4 is 0 Å². The van der Waals surface area contributed by atoms with Crippen molar-refractivity contribution in [2.24, 2.45) is 0 Å². The lowest BCUT2D eigenvalue weighted by molar-refractivity contribution is 0.563. The maximum Gasteiger partial charge on any atom is 0.145 e. The van der Waals surface area contributed by atoms with E-state index in [-0.39, 0.29) is 5.41 Å². The van der Waals surface area contributed by atoms with E-state index in [1.807, 2.05) is 12.3 Å². The van der Waals surface area contributed by atoms with Gasteiger partial charge in [-0.05, 0) is 11.5 Å². The summed E-state index contributed by atoms with van der Waals surface area (Å²) < 4.78 is 2.32. The standard InChI is InChI=1S/C21H20N2/c1-21(2,3)19-13-16-11-7-8-12-17(16)20-22-14-18(23(19)20)15-9-5-4-6-10-15/h4-14H,1-3H3. The third-order valence-electron chi connectivity index (χ3n) is 4.33. The molecule has 4 aromatic rings. The number of nitrogens with zero attached hydrogens (tertiary/aromatic N) is 2. The molecule has 0 aliphatic rings. The van der Waals surface area contributed by atoms with E-state index in [1.165, 1.54) is 22.0 Å². The minimum absolute atomic E-state index is 0.0342. The summed E-state index contributed by atoms with van der Waals surface area (Å²) in [7, 11) is 0. The minimum atomic E-state index is 0.0342. The molecule has 2 heterocycles. The Kier molecular flexibility index (Phi) is 3.02. The molecule has 2 heteroatoms. The molecule has 0 unspecified atom stereocenters. The Balaban J connectivity index is 2.17. The van der Waals surface area contributed by atoms with Crippen molar-refractivity contribution >= 4 is 16.4 Å². The molecular weight excluding hydrogens is 280 g/mol. The lowest BCUT2D eigenvalue weighted by Gasteiger charge is -2.23. The molecule has 0 bridgehead atoms. The Morgan fingerprint density at radius 3 is 2.30 bits per heavy atom. The molecule has 0 atom stereocenters. The van der Waals surface area contributed by atoms with E-state index in [9.17, 15) is 0 Å². The van der Waals surface area contributed by atoms with E-state index in [0.717, 1.165) is 11.3 Å². The maximum atomic E-state index is 4.76. The zero-order valence-electron chi connectivity index (χ0n) is 13.7. The van der Waals surface area contributed by atoms with Crippen molar-refractivity contribution in [1.82, 2.24) is 9.38 Å². The highest BCUT2D eigenvalue weighted by molar-refractivity contribution is 5.95. The number of pyridine rings is 1. The van der Waals surface area contributed by atoms with E-state index in [2.05, 4.69) is 79.8 Å². The second-order valence-corrected chi connectivity index (χ2v) is 7.04. The summed E-state index contributed by atoms with van der Waals surface area (Å²) in [5, 5.41) is 2.44. The van der Waals surface area contributed by atoms with Gasteiger partial charge in [-0.2, -0.15) is 0 Å². The van der Waals surface area contributed by atoms with Crippen LogP contribution in [0.25, 0.3) is 27.7 Å². The average Bonchev–Trinajstić information content (AvgIpc) is 2.99. The first kappa shape index (κ1) is 14.0. The number of rotatable bonds is 1. The van der Waals surface area contributed by atoms with Crippen molar-refractivity contribution in [1.29, 1.82) is 0 Å². The maximum absolute atomic E-state index is 4.76. The molecule has 0 saturated carbocycles. The molecule has 0 aliphatic heterocycles. The smallest absolute Gasteiger partial charge is 0.145 e. The summed E-state index contributed by atoms with van der Waals surface area (Å²) in [4.78, 5) is 4.76. The van der Waals surface area contributed by atoms with Crippen LogP contribution in [-0.2, 0) is 5.41 Å². The molecule has 0 spiro atoms. The van der Waals surface area contributed by atoms with E-state index in [4.69, 9.17) is 4.98 Å². The van der Waals surface area contributed by atoms with Gasteiger partial charge in [0.15, 0.2) is 0 Å². The first-order valence-electron chi connectivity index (χ1n) is 8.01. The van der Waals surface area contributed by atoms with Gasteiger partial charge in [-0.25, -0.2) is 4.98 Å². The van der Waals surface area contributed by atoms with E-state index in [0.29, 0.717) is 0 Å². The van der Waals surface area contributed by atoms with Crippen molar-refractivity contribution in [2.75, 3.05) is 0 Å². The van der Waals surface area contributed by atoms with Gasteiger partial charge < -0.3 is 0 Å². The Labute approximate surface area is 136 Å². The van der Waals surface area contributed by atoms with Crippen LogP contribution in [0.15, 0.2) is 66.9 Å². The zero-order chi connectivity index (χ0) is 16.0. The molecular formula is C21H20N2. The van der Waals surface area contributed by atoms with Crippen LogP contribution in [-0.4, -0.2) is 9.38 Å². The van der Waals surface area contributed by atoms with Crippen LogP contribution in [0.3, 0.4) is 0 Å². The molecule has 2 nitrogen and oxygen atoms in total. The fourth-order valence-electron chi connectivity index (χ4n) is 3.19. The topological polar surface area (TPSA) is 17.3 Å². The Morgan fingerprint density at radius 1 is 0.870 bits per heavy atom. The SMILES string of the molecule is CC(C)(C)c1cc2ccccc2c2ncc(-c3ccccc3)n12. The first-order chi connectivity index (χ1) is 11.1. The van der Waals surface area contributed by atoms with Gasteiger partial charge in [0.2, 0.25) is 0 Å². The summed E-state index contributed by atoms with van der Waals surface area (Å²) in [6.07, 6.45) is 1.99. The van der Waals surface area contributed by atoms with Gasteiger partial charge in [0.1, 0.15) is 5.65 Å². The molecule has 0 aliphatic carbocycles. The number of hydrogen-bond donors (Lipinski definition) is 0. The highest BCUT2D eigenvalue weighted by Gasteiger charge is 2.21. The van der Waals surface area contributed by atoms with Gasteiger partial charge in [0.05, 0.1) is 11.9 Å². The lowest BCUT2D eigenvalue weighted by atomic mass is 9.90. The monoisotopic (exact) mass is 300 g/mol. The van der Waals surface area contributed by atoms with Crippen LogP contribution in [0.1, 0.15) is 26.5 Å². The molecule has 23 heavy (non-hydrogen) atoms. The molecule has 0 amide bonds. The molecule has 0 N–H and O–H groups in total. The van der Waals surface area contributed by atoms with Crippen LogP contribution in [0.2, 0.25) is 0 Å². The number of fused-ring (bicyclic) bond motifs is 3. The van der Waals surface area contributed by atoms with Gasteiger partial charge in [0, 0.05) is 22.1 Å². The van der Waals surface area contributed by atoms with Crippen molar-refractivity contribution < 1.29 is 0 Å². The van der Waals surface area contributed by atoms with Gasteiger partial charge >= 0.3 is 0 Å². The lowest BCUT2D eigenvalue weighted by Crippen LogP contribution is -2.16. The summed E-state index contributed by atoms with van der Waals surface area (Å²) >= 11 is 0. The number of aromatic nitrogens is 2. The van der Waals surface area contributed by atoms with Gasteiger partial charge in [-0.1, -0.05) is 75.4 Å². The number of hydrogen-bond acceptors (Lipinski definition) is 1. The highest BCUT2D eigenvalue weighted by Crippen LogP contribution is 2.33. The van der Waals surface area contributed by atoms with E-state index >= 15 is 0 Å². The van der Waals surface area contributed by atoms with Gasteiger partial charge in [-0.3, -0.25) is 4.40 Å². The Morgan fingerprint density at radius 2 is 1.57 bits per heavy atom. The van der Waals surface area contributed by atoms with Crippen LogP contribution in [0.4, 0.5) is 0 Å². The normalized spacial score (nSPS) is 12.1. The Bertz CT molecular complexity index is 989. The quantitative estimate of drug-likeness (QED) is 0.457. The first-order valence-corrected chi connectivity index (χ1v) is 8.01. The largest absolute Gasteiger partial charge is 0.296 e. The van der Waals surface area contributed by atoms with Crippen molar-refractivity contribution in [2.45, 2.75) is 26.2 Å². The number of benzene rings is 2. The average molecular weight is 300 g/mol. The van der Waals surface area contributed by atoms with Crippen LogP contribution in [0.5, 0.6) is 0 Å². The second-order valence-electron chi connectivity index (χ2n) is 7.04. The highest BCUT2D eigenvalue weighted by atomic mass is 15.0. The molecule has 2 aromatic carbocycles. The summed E-state index contributed by atoms with van der Waals surface area (Å²) in [5.41, 5.74) is 4.69. The second kappa shape index (κ2) is 4.95. The minimum Gasteiger partial charge on any atom is -0.296 e. The van der Waals surface area contributed by atoms with Crippen molar-refractivity contribution in [3.63, 3.8) is 0 Å². The van der Waals surface area contributed by atoms with Crippen molar-refractivity contribution in [3.8, 4) is 11.3 Å². The van der Waals surface area contributed by atoms with Crippen LogP contribution in [0, 0.1) is 0 Å². The molecule has 0 radical (unpaired) electrons. The molecule has 114 valence electrons. The fourth-order valence-corrected chi connectivity index (χ4v) is 3.19. The predicted molar refractivity (Wildman–Crippen MR) is 96.8 cm³/mol. The predicted octanol–water partition coefficient (Wildman–Crippen LogP) is 5.45. The van der Waals surface area contributed by atoms with Crippen molar-refractivity contribution in [3.05, 3.63) is 72.6 Å². The summed E-state index contributed by atoms with van der Waals surface area (Å²) in [6, 6.07) is 21.3. The summed E-state index contributed by atoms with van der Waals surface area (Å²) in [6.45, 7) is 6.77. The molecule has 0 fully saturated rings. The molecule has 4 rings (SSSR count). The Hall–Kier alpha value is -2.61. The van der Waals surface area contributed by atoms with E-state index < -0.39 is 0 Å².